The lowest BCUT2D eigenvalue weighted by molar-refractivity contribution is -0.142. The van der Waals surface area contributed by atoms with Crippen LogP contribution in [0.3, 0.4) is 0 Å². The number of rotatable bonds is 13. The monoisotopic (exact) mass is 445 g/mol. The SMILES string of the molecule is CCC(C)C(N)C(=O)NC(Cc1c[nH]c2ccccc12)C(=O)NC(CCCCN)C(=O)O. The van der Waals surface area contributed by atoms with Crippen molar-refractivity contribution in [2.24, 2.45) is 17.4 Å². The molecule has 0 radical (unpaired) electrons. The van der Waals surface area contributed by atoms with Crippen molar-refractivity contribution in [2.75, 3.05) is 6.54 Å². The van der Waals surface area contributed by atoms with Crippen LogP contribution in [-0.2, 0) is 20.8 Å². The molecule has 0 spiro atoms. The Bertz CT molecular complexity index is 913. The van der Waals surface area contributed by atoms with Crippen molar-refractivity contribution in [3.8, 4) is 0 Å². The van der Waals surface area contributed by atoms with E-state index in [0.717, 1.165) is 22.9 Å². The quantitative estimate of drug-likeness (QED) is 0.254. The van der Waals surface area contributed by atoms with Crippen molar-refractivity contribution in [3.63, 3.8) is 0 Å². The van der Waals surface area contributed by atoms with Gasteiger partial charge >= 0.3 is 5.97 Å². The van der Waals surface area contributed by atoms with Gasteiger partial charge in [0.15, 0.2) is 0 Å². The molecule has 2 aromatic rings. The highest BCUT2D eigenvalue weighted by Crippen LogP contribution is 2.19. The Morgan fingerprint density at radius 3 is 2.44 bits per heavy atom. The number of para-hydroxylation sites is 1. The molecule has 9 nitrogen and oxygen atoms in total. The zero-order chi connectivity index (χ0) is 23.7. The number of aromatic nitrogens is 1. The summed E-state index contributed by atoms with van der Waals surface area (Å²) >= 11 is 0. The minimum atomic E-state index is -1.12. The Hall–Kier alpha value is -2.91. The first-order chi connectivity index (χ1) is 15.3. The largest absolute Gasteiger partial charge is 0.480 e. The van der Waals surface area contributed by atoms with Gasteiger partial charge < -0.3 is 32.2 Å². The molecule has 1 aromatic heterocycles. The second kappa shape index (κ2) is 12.2. The van der Waals surface area contributed by atoms with Crippen molar-refractivity contribution in [1.82, 2.24) is 15.6 Å². The van der Waals surface area contributed by atoms with Crippen LogP contribution in [0.25, 0.3) is 10.9 Å². The van der Waals surface area contributed by atoms with Crippen LogP contribution in [0, 0.1) is 5.92 Å². The van der Waals surface area contributed by atoms with Gasteiger partial charge in [-0.25, -0.2) is 4.79 Å². The van der Waals surface area contributed by atoms with Gasteiger partial charge in [-0.05, 0) is 43.4 Å². The molecule has 0 aliphatic rings. The third kappa shape index (κ3) is 6.80. The molecule has 0 aliphatic heterocycles. The van der Waals surface area contributed by atoms with Crippen LogP contribution >= 0.6 is 0 Å². The number of amides is 2. The smallest absolute Gasteiger partial charge is 0.326 e. The van der Waals surface area contributed by atoms with Gasteiger partial charge in [0.1, 0.15) is 12.1 Å². The van der Waals surface area contributed by atoms with Crippen LogP contribution in [0.5, 0.6) is 0 Å². The van der Waals surface area contributed by atoms with Crippen LogP contribution in [0.15, 0.2) is 30.5 Å². The van der Waals surface area contributed by atoms with E-state index in [1.165, 1.54) is 0 Å². The number of nitrogens with one attached hydrogen (secondary N) is 3. The Morgan fingerprint density at radius 2 is 1.78 bits per heavy atom. The van der Waals surface area contributed by atoms with Crippen molar-refractivity contribution in [3.05, 3.63) is 36.0 Å². The lowest BCUT2D eigenvalue weighted by Crippen LogP contribution is -2.56. The summed E-state index contributed by atoms with van der Waals surface area (Å²) in [5, 5.41) is 15.8. The van der Waals surface area contributed by atoms with E-state index in [1.807, 2.05) is 38.1 Å². The van der Waals surface area contributed by atoms with Gasteiger partial charge in [-0.2, -0.15) is 0 Å². The molecule has 0 saturated heterocycles. The van der Waals surface area contributed by atoms with Gasteiger partial charge in [0.25, 0.3) is 0 Å². The summed E-state index contributed by atoms with van der Waals surface area (Å²) in [7, 11) is 0. The third-order valence-electron chi connectivity index (χ3n) is 5.85. The van der Waals surface area contributed by atoms with E-state index in [0.29, 0.717) is 19.4 Å². The van der Waals surface area contributed by atoms with Gasteiger partial charge in [0, 0.05) is 23.5 Å². The molecule has 0 bridgehead atoms. The minimum Gasteiger partial charge on any atom is -0.480 e. The van der Waals surface area contributed by atoms with Crippen LogP contribution in [-0.4, -0.2) is 52.5 Å². The number of carbonyl (C=O) groups excluding carboxylic acids is 2. The normalized spacial score (nSPS) is 15.0. The summed E-state index contributed by atoms with van der Waals surface area (Å²) in [5.41, 5.74) is 13.3. The molecule has 9 heteroatoms. The Balaban J connectivity index is 2.22. The molecule has 0 fully saturated rings. The second-order valence-corrected chi connectivity index (χ2v) is 8.22. The number of hydrogen-bond donors (Lipinski definition) is 6. The molecule has 32 heavy (non-hydrogen) atoms. The highest BCUT2D eigenvalue weighted by atomic mass is 16.4. The fourth-order valence-corrected chi connectivity index (χ4v) is 3.53. The number of benzene rings is 1. The topological polar surface area (TPSA) is 163 Å². The molecule has 4 unspecified atom stereocenters. The average molecular weight is 446 g/mol. The average Bonchev–Trinajstić information content (AvgIpc) is 3.19. The number of unbranched alkanes of at least 4 members (excludes halogenated alkanes) is 1. The maximum Gasteiger partial charge on any atom is 0.326 e. The third-order valence-corrected chi connectivity index (χ3v) is 5.85. The van der Waals surface area contributed by atoms with E-state index in [-0.39, 0.29) is 18.8 Å². The van der Waals surface area contributed by atoms with Crippen molar-refractivity contribution < 1.29 is 19.5 Å². The van der Waals surface area contributed by atoms with Crippen molar-refractivity contribution in [2.45, 2.75) is 64.1 Å². The number of carboxylic acids is 1. The van der Waals surface area contributed by atoms with Crippen LogP contribution in [0.1, 0.15) is 45.1 Å². The zero-order valence-corrected chi connectivity index (χ0v) is 18.8. The number of carbonyl (C=O) groups is 3. The number of nitrogens with two attached hydrogens (primary N) is 2. The summed E-state index contributed by atoms with van der Waals surface area (Å²) in [6.07, 6.45) is 4.21. The Morgan fingerprint density at radius 1 is 1.09 bits per heavy atom. The lowest BCUT2D eigenvalue weighted by atomic mass is 9.98. The fourth-order valence-electron chi connectivity index (χ4n) is 3.53. The second-order valence-electron chi connectivity index (χ2n) is 8.22. The molecular formula is C23H35N5O4. The van der Waals surface area contributed by atoms with Crippen molar-refractivity contribution in [1.29, 1.82) is 0 Å². The fraction of sp³-hybridized carbons (Fsp3) is 0.522. The Labute approximate surface area is 188 Å². The first-order valence-corrected chi connectivity index (χ1v) is 11.1. The van der Waals surface area contributed by atoms with E-state index >= 15 is 0 Å². The number of aromatic amines is 1. The highest BCUT2D eigenvalue weighted by Gasteiger charge is 2.29. The van der Waals surface area contributed by atoms with Crippen LogP contribution in [0.2, 0.25) is 0 Å². The first-order valence-electron chi connectivity index (χ1n) is 11.1. The summed E-state index contributed by atoms with van der Waals surface area (Å²) in [5.74, 6) is -2.17. The van der Waals surface area contributed by atoms with E-state index in [1.54, 1.807) is 6.20 Å². The number of carboxylic acid groups (broad SMARTS) is 1. The van der Waals surface area contributed by atoms with E-state index < -0.39 is 35.9 Å². The summed E-state index contributed by atoms with van der Waals surface area (Å²) < 4.78 is 0. The molecule has 0 saturated carbocycles. The molecular weight excluding hydrogens is 410 g/mol. The molecule has 2 rings (SSSR count). The number of H-pyrrole nitrogens is 1. The minimum absolute atomic E-state index is 0.0603. The van der Waals surface area contributed by atoms with E-state index in [2.05, 4.69) is 15.6 Å². The first kappa shape index (κ1) is 25.4. The van der Waals surface area contributed by atoms with E-state index in [9.17, 15) is 19.5 Å². The molecule has 1 heterocycles. The molecule has 4 atom stereocenters. The van der Waals surface area contributed by atoms with Gasteiger partial charge in [-0.15, -0.1) is 0 Å². The maximum atomic E-state index is 13.1. The Kier molecular flexibility index (Phi) is 9.67. The standard InChI is InChI=1S/C23H35N5O4/c1-3-14(2)20(25)22(30)28-19(12-15-13-26-17-9-5-4-8-16(15)17)21(29)27-18(23(31)32)10-6-7-11-24/h4-5,8-9,13-14,18-20,26H,3,6-7,10-12,24-25H2,1-2H3,(H,27,29)(H,28,30)(H,31,32). The summed E-state index contributed by atoms with van der Waals surface area (Å²) in [4.78, 5) is 40.6. The summed E-state index contributed by atoms with van der Waals surface area (Å²) in [6.45, 7) is 4.26. The predicted molar refractivity (Wildman–Crippen MR) is 124 cm³/mol. The van der Waals surface area contributed by atoms with E-state index in [4.69, 9.17) is 11.5 Å². The maximum absolute atomic E-state index is 13.1. The molecule has 176 valence electrons. The number of fused-ring (bicyclic) bond motifs is 1. The number of hydrogen-bond acceptors (Lipinski definition) is 5. The van der Waals surface area contributed by atoms with Gasteiger partial charge in [-0.1, -0.05) is 38.5 Å². The predicted octanol–water partition coefficient (Wildman–Crippen LogP) is 1.27. The van der Waals surface area contributed by atoms with Crippen LogP contribution in [0.4, 0.5) is 0 Å². The van der Waals surface area contributed by atoms with Gasteiger partial charge in [-0.3, -0.25) is 9.59 Å². The highest BCUT2D eigenvalue weighted by molar-refractivity contribution is 5.93. The molecule has 8 N–H and O–H groups in total. The number of aliphatic carboxylic acids is 1. The van der Waals surface area contributed by atoms with Crippen LogP contribution < -0.4 is 22.1 Å². The molecule has 1 aromatic carbocycles. The summed E-state index contributed by atoms with van der Waals surface area (Å²) in [6, 6.07) is 4.85. The van der Waals surface area contributed by atoms with Gasteiger partial charge in [0.05, 0.1) is 6.04 Å². The molecule has 2 amide bonds. The lowest BCUT2D eigenvalue weighted by Gasteiger charge is -2.24. The van der Waals surface area contributed by atoms with Crippen molar-refractivity contribution >= 4 is 28.7 Å². The zero-order valence-electron chi connectivity index (χ0n) is 18.8. The van der Waals surface area contributed by atoms with Gasteiger partial charge in [0.2, 0.25) is 11.8 Å². The molecule has 0 aliphatic carbocycles.